The summed E-state index contributed by atoms with van der Waals surface area (Å²) < 4.78 is 0. The van der Waals surface area contributed by atoms with Crippen molar-refractivity contribution in [1.82, 2.24) is 9.80 Å². The summed E-state index contributed by atoms with van der Waals surface area (Å²) in [6.45, 7) is 9.74. The van der Waals surface area contributed by atoms with Gasteiger partial charge in [0.15, 0.2) is 0 Å². The summed E-state index contributed by atoms with van der Waals surface area (Å²) in [4.78, 5) is 5.11. The van der Waals surface area contributed by atoms with Gasteiger partial charge in [-0.2, -0.15) is 0 Å². The Labute approximate surface area is 102 Å². The second-order valence-electron chi connectivity index (χ2n) is 5.42. The molecule has 2 heteroatoms. The van der Waals surface area contributed by atoms with Crippen LogP contribution in [0.15, 0.2) is 0 Å². The summed E-state index contributed by atoms with van der Waals surface area (Å²) in [5, 5.41) is 0. The van der Waals surface area contributed by atoms with Crippen molar-refractivity contribution >= 4 is 0 Å². The van der Waals surface area contributed by atoms with Crippen molar-refractivity contribution < 1.29 is 0 Å². The van der Waals surface area contributed by atoms with E-state index in [0.717, 1.165) is 6.04 Å². The van der Waals surface area contributed by atoms with E-state index in [2.05, 4.69) is 30.7 Å². The SMILES string of the molecule is CCCCCCCCN1CCN(C)CC1C. The molecule has 1 heterocycles. The standard InChI is InChI=1S/C14H30N2/c1-4-5-6-7-8-9-10-16-12-11-15(3)13-14(16)2/h14H,4-13H2,1-3H3. The van der Waals surface area contributed by atoms with Crippen LogP contribution in [0.5, 0.6) is 0 Å². The zero-order chi connectivity index (χ0) is 11.8. The maximum Gasteiger partial charge on any atom is 0.0195 e. The van der Waals surface area contributed by atoms with Crippen molar-refractivity contribution in [3.8, 4) is 0 Å². The first-order valence-electron chi connectivity index (χ1n) is 7.16. The first kappa shape index (κ1) is 14.0. The highest BCUT2D eigenvalue weighted by molar-refractivity contribution is 4.76. The topological polar surface area (TPSA) is 6.48 Å². The van der Waals surface area contributed by atoms with Crippen LogP contribution < -0.4 is 0 Å². The van der Waals surface area contributed by atoms with Crippen LogP contribution in [0.25, 0.3) is 0 Å². The smallest absolute Gasteiger partial charge is 0.0195 e. The lowest BCUT2D eigenvalue weighted by molar-refractivity contribution is 0.0984. The molecule has 0 amide bonds. The maximum atomic E-state index is 2.67. The van der Waals surface area contributed by atoms with Gasteiger partial charge in [-0.05, 0) is 26.9 Å². The van der Waals surface area contributed by atoms with Crippen molar-refractivity contribution in [3.63, 3.8) is 0 Å². The maximum absolute atomic E-state index is 2.67. The van der Waals surface area contributed by atoms with Gasteiger partial charge in [-0.1, -0.05) is 39.0 Å². The summed E-state index contributed by atoms with van der Waals surface area (Å²) >= 11 is 0. The van der Waals surface area contributed by atoms with Gasteiger partial charge in [0.1, 0.15) is 0 Å². The summed E-state index contributed by atoms with van der Waals surface area (Å²) in [6.07, 6.45) is 8.49. The Kier molecular flexibility index (Phi) is 7.06. The van der Waals surface area contributed by atoms with Gasteiger partial charge >= 0.3 is 0 Å². The third-order valence-corrected chi connectivity index (χ3v) is 3.77. The predicted molar refractivity (Wildman–Crippen MR) is 71.9 cm³/mol. The van der Waals surface area contributed by atoms with E-state index in [9.17, 15) is 0 Å². The number of piperazine rings is 1. The first-order valence-corrected chi connectivity index (χ1v) is 7.16. The van der Waals surface area contributed by atoms with E-state index >= 15 is 0 Å². The van der Waals surface area contributed by atoms with Crippen LogP contribution in [0.1, 0.15) is 52.4 Å². The van der Waals surface area contributed by atoms with E-state index < -0.39 is 0 Å². The van der Waals surface area contributed by atoms with Crippen molar-refractivity contribution in [3.05, 3.63) is 0 Å². The van der Waals surface area contributed by atoms with E-state index in [1.54, 1.807) is 0 Å². The molecule has 0 bridgehead atoms. The van der Waals surface area contributed by atoms with E-state index in [4.69, 9.17) is 0 Å². The molecule has 1 rings (SSSR count). The molecular formula is C14H30N2. The predicted octanol–water partition coefficient (Wildman–Crippen LogP) is 2.98. The minimum Gasteiger partial charge on any atom is -0.304 e. The van der Waals surface area contributed by atoms with E-state index in [-0.39, 0.29) is 0 Å². The van der Waals surface area contributed by atoms with Crippen LogP contribution >= 0.6 is 0 Å². The Bertz CT molecular complexity index is 170. The van der Waals surface area contributed by atoms with Crippen molar-refractivity contribution in [1.29, 1.82) is 0 Å². The number of rotatable bonds is 7. The molecule has 1 saturated heterocycles. The molecule has 2 nitrogen and oxygen atoms in total. The lowest BCUT2D eigenvalue weighted by atomic mass is 10.1. The molecule has 1 atom stereocenters. The van der Waals surface area contributed by atoms with E-state index in [1.165, 1.54) is 64.7 Å². The molecule has 0 radical (unpaired) electrons. The Morgan fingerprint density at radius 3 is 2.38 bits per heavy atom. The number of hydrogen-bond acceptors (Lipinski definition) is 2. The van der Waals surface area contributed by atoms with Gasteiger partial charge in [0.05, 0.1) is 0 Å². The fourth-order valence-corrected chi connectivity index (χ4v) is 2.60. The van der Waals surface area contributed by atoms with E-state index in [0.29, 0.717) is 0 Å². The minimum atomic E-state index is 0.759. The number of likely N-dealkylation sites (N-methyl/N-ethyl adjacent to an activating group) is 1. The van der Waals surface area contributed by atoms with Crippen LogP contribution in [0.2, 0.25) is 0 Å². The van der Waals surface area contributed by atoms with Crippen molar-refractivity contribution in [2.45, 2.75) is 58.4 Å². The quantitative estimate of drug-likeness (QED) is 0.616. The molecule has 0 N–H and O–H groups in total. The van der Waals surface area contributed by atoms with Gasteiger partial charge in [-0.25, -0.2) is 0 Å². The molecule has 1 unspecified atom stereocenters. The second-order valence-corrected chi connectivity index (χ2v) is 5.42. The van der Waals surface area contributed by atoms with Gasteiger partial charge in [0.2, 0.25) is 0 Å². The highest BCUT2D eigenvalue weighted by Gasteiger charge is 2.20. The Morgan fingerprint density at radius 1 is 1.00 bits per heavy atom. The van der Waals surface area contributed by atoms with Crippen LogP contribution in [0.3, 0.4) is 0 Å². The number of hydrogen-bond donors (Lipinski definition) is 0. The molecule has 0 aliphatic carbocycles. The molecule has 96 valence electrons. The van der Waals surface area contributed by atoms with Gasteiger partial charge < -0.3 is 4.90 Å². The molecule has 0 aromatic heterocycles. The summed E-state index contributed by atoms with van der Waals surface area (Å²) in [5.74, 6) is 0. The van der Waals surface area contributed by atoms with E-state index in [1.807, 2.05) is 0 Å². The molecule has 16 heavy (non-hydrogen) atoms. The molecule has 0 aromatic rings. The van der Waals surface area contributed by atoms with Crippen LogP contribution in [-0.2, 0) is 0 Å². The second kappa shape index (κ2) is 8.08. The zero-order valence-corrected chi connectivity index (χ0v) is 11.5. The monoisotopic (exact) mass is 226 g/mol. The number of nitrogens with zero attached hydrogens (tertiary/aromatic N) is 2. The highest BCUT2D eigenvalue weighted by Crippen LogP contribution is 2.11. The zero-order valence-electron chi connectivity index (χ0n) is 11.5. The molecule has 1 fully saturated rings. The molecule has 0 spiro atoms. The molecular weight excluding hydrogens is 196 g/mol. The van der Waals surface area contributed by atoms with Crippen molar-refractivity contribution in [2.24, 2.45) is 0 Å². The average molecular weight is 226 g/mol. The average Bonchev–Trinajstić information content (AvgIpc) is 2.26. The lowest BCUT2D eigenvalue weighted by Gasteiger charge is -2.38. The van der Waals surface area contributed by atoms with Crippen molar-refractivity contribution in [2.75, 3.05) is 33.2 Å². The largest absolute Gasteiger partial charge is 0.304 e. The third kappa shape index (κ3) is 5.31. The third-order valence-electron chi connectivity index (χ3n) is 3.77. The highest BCUT2D eigenvalue weighted by atomic mass is 15.3. The minimum absolute atomic E-state index is 0.759. The Hall–Kier alpha value is -0.0800. The van der Waals surface area contributed by atoms with Gasteiger partial charge in [-0.3, -0.25) is 4.90 Å². The summed E-state index contributed by atoms with van der Waals surface area (Å²) in [6, 6.07) is 0.759. The lowest BCUT2D eigenvalue weighted by Crippen LogP contribution is -2.50. The molecule has 1 aliphatic rings. The van der Waals surface area contributed by atoms with Gasteiger partial charge in [0, 0.05) is 25.7 Å². The fourth-order valence-electron chi connectivity index (χ4n) is 2.60. The van der Waals surface area contributed by atoms with Crippen LogP contribution in [0.4, 0.5) is 0 Å². The molecule has 0 saturated carbocycles. The van der Waals surface area contributed by atoms with Gasteiger partial charge in [-0.15, -0.1) is 0 Å². The summed E-state index contributed by atoms with van der Waals surface area (Å²) in [7, 11) is 2.23. The normalized spacial score (nSPS) is 23.8. The molecule has 0 aromatic carbocycles. The molecule has 1 aliphatic heterocycles. The first-order chi connectivity index (χ1) is 7.74. The summed E-state index contributed by atoms with van der Waals surface area (Å²) in [5.41, 5.74) is 0. The Balaban J connectivity index is 2.00. The van der Waals surface area contributed by atoms with Crippen LogP contribution in [0, 0.1) is 0 Å². The number of unbranched alkanes of at least 4 members (excludes halogenated alkanes) is 5. The fraction of sp³-hybridized carbons (Fsp3) is 1.00. The van der Waals surface area contributed by atoms with Crippen LogP contribution in [-0.4, -0.2) is 49.1 Å². The Morgan fingerprint density at radius 2 is 1.69 bits per heavy atom. The van der Waals surface area contributed by atoms with Gasteiger partial charge in [0.25, 0.3) is 0 Å².